The van der Waals surface area contributed by atoms with Gasteiger partial charge in [-0.1, -0.05) is 13.0 Å². The third kappa shape index (κ3) is 5.22. The van der Waals surface area contributed by atoms with Gasteiger partial charge in [0.2, 0.25) is 0 Å². The van der Waals surface area contributed by atoms with Crippen LogP contribution in [-0.4, -0.2) is 19.2 Å². The molecule has 0 fully saturated rings. The highest BCUT2D eigenvalue weighted by atomic mass is 16.5. The number of benzene rings is 1. The van der Waals surface area contributed by atoms with Crippen molar-refractivity contribution < 1.29 is 4.74 Å². The van der Waals surface area contributed by atoms with Crippen LogP contribution in [0.15, 0.2) is 18.2 Å². The van der Waals surface area contributed by atoms with Crippen LogP contribution in [0.1, 0.15) is 37.8 Å². The van der Waals surface area contributed by atoms with Crippen LogP contribution in [0.25, 0.3) is 0 Å². The standard InChI is InChI=1S/C15H25NO/c1-5-9-16-14(4)8-10-17-15-7-6-12(2)13(3)11-15/h6-7,11,14,16H,5,8-10H2,1-4H3. The fraction of sp³-hybridized carbons (Fsp3) is 0.600. The largest absolute Gasteiger partial charge is 0.494 e. The van der Waals surface area contributed by atoms with Gasteiger partial charge in [0.15, 0.2) is 0 Å². The molecule has 0 bridgehead atoms. The van der Waals surface area contributed by atoms with E-state index in [4.69, 9.17) is 4.74 Å². The minimum atomic E-state index is 0.529. The summed E-state index contributed by atoms with van der Waals surface area (Å²) in [6, 6.07) is 6.80. The highest BCUT2D eigenvalue weighted by Crippen LogP contribution is 2.16. The Labute approximate surface area is 105 Å². The van der Waals surface area contributed by atoms with Gasteiger partial charge in [-0.15, -0.1) is 0 Å². The Bertz CT molecular complexity index is 336. The van der Waals surface area contributed by atoms with Crippen molar-refractivity contribution >= 4 is 0 Å². The topological polar surface area (TPSA) is 21.3 Å². The molecule has 0 aliphatic heterocycles. The lowest BCUT2D eigenvalue weighted by Crippen LogP contribution is -2.28. The Kier molecular flexibility index (Phi) is 6.06. The minimum Gasteiger partial charge on any atom is -0.494 e. The normalized spacial score (nSPS) is 12.5. The molecule has 0 aliphatic carbocycles. The van der Waals surface area contributed by atoms with Gasteiger partial charge in [-0.2, -0.15) is 0 Å². The number of hydrogen-bond donors (Lipinski definition) is 1. The first-order valence-corrected chi connectivity index (χ1v) is 6.57. The molecular weight excluding hydrogens is 210 g/mol. The Morgan fingerprint density at radius 3 is 2.65 bits per heavy atom. The first-order chi connectivity index (χ1) is 8.13. The zero-order chi connectivity index (χ0) is 12.7. The summed E-state index contributed by atoms with van der Waals surface area (Å²) < 4.78 is 5.75. The maximum absolute atomic E-state index is 5.75. The molecule has 0 amide bonds. The Hall–Kier alpha value is -1.02. The van der Waals surface area contributed by atoms with Crippen molar-refractivity contribution in [1.82, 2.24) is 5.32 Å². The molecule has 0 aromatic heterocycles. The van der Waals surface area contributed by atoms with Crippen LogP contribution in [0.3, 0.4) is 0 Å². The first kappa shape index (κ1) is 14.0. The van der Waals surface area contributed by atoms with Crippen LogP contribution < -0.4 is 10.1 Å². The molecule has 1 rings (SSSR count). The van der Waals surface area contributed by atoms with Gasteiger partial charge in [0, 0.05) is 6.04 Å². The molecule has 1 aromatic rings. The van der Waals surface area contributed by atoms with Crippen molar-refractivity contribution in [3.8, 4) is 5.75 Å². The summed E-state index contributed by atoms with van der Waals surface area (Å²) >= 11 is 0. The smallest absolute Gasteiger partial charge is 0.119 e. The van der Waals surface area contributed by atoms with Crippen molar-refractivity contribution in [2.75, 3.05) is 13.2 Å². The lowest BCUT2D eigenvalue weighted by atomic mass is 10.1. The van der Waals surface area contributed by atoms with E-state index in [0.29, 0.717) is 6.04 Å². The van der Waals surface area contributed by atoms with Gasteiger partial charge in [-0.25, -0.2) is 0 Å². The summed E-state index contributed by atoms with van der Waals surface area (Å²) in [7, 11) is 0. The summed E-state index contributed by atoms with van der Waals surface area (Å²) in [6.45, 7) is 10.5. The van der Waals surface area contributed by atoms with E-state index >= 15 is 0 Å². The van der Waals surface area contributed by atoms with Gasteiger partial charge >= 0.3 is 0 Å². The molecule has 1 N–H and O–H groups in total. The molecule has 96 valence electrons. The zero-order valence-electron chi connectivity index (χ0n) is 11.5. The molecule has 0 spiro atoms. The molecule has 0 aliphatic rings. The maximum Gasteiger partial charge on any atom is 0.119 e. The van der Waals surface area contributed by atoms with Crippen LogP contribution in [0.2, 0.25) is 0 Å². The molecule has 0 heterocycles. The second-order valence-corrected chi connectivity index (χ2v) is 4.74. The Morgan fingerprint density at radius 2 is 2.00 bits per heavy atom. The average molecular weight is 235 g/mol. The highest BCUT2D eigenvalue weighted by Gasteiger charge is 2.01. The predicted octanol–water partition coefficient (Wildman–Crippen LogP) is 3.46. The third-order valence-corrected chi connectivity index (χ3v) is 3.04. The van der Waals surface area contributed by atoms with Gasteiger partial charge in [-0.3, -0.25) is 0 Å². The monoisotopic (exact) mass is 235 g/mol. The molecule has 1 aromatic carbocycles. The van der Waals surface area contributed by atoms with Crippen LogP contribution in [0.4, 0.5) is 0 Å². The van der Waals surface area contributed by atoms with Crippen molar-refractivity contribution in [1.29, 1.82) is 0 Å². The SMILES string of the molecule is CCCNC(C)CCOc1ccc(C)c(C)c1. The van der Waals surface area contributed by atoms with E-state index in [1.807, 2.05) is 6.07 Å². The van der Waals surface area contributed by atoms with Crippen molar-refractivity contribution in [3.05, 3.63) is 29.3 Å². The maximum atomic E-state index is 5.75. The van der Waals surface area contributed by atoms with Crippen LogP contribution in [-0.2, 0) is 0 Å². The van der Waals surface area contributed by atoms with Crippen molar-refractivity contribution in [3.63, 3.8) is 0 Å². The van der Waals surface area contributed by atoms with Crippen LogP contribution in [0, 0.1) is 13.8 Å². The lowest BCUT2D eigenvalue weighted by molar-refractivity contribution is 0.290. The fourth-order valence-corrected chi connectivity index (χ4v) is 1.65. The quantitative estimate of drug-likeness (QED) is 0.781. The summed E-state index contributed by atoms with van der Waals surface area (Å²) in [5.41, 5.74) is 2.61. The second-order valence-electron chi connectivity index (χ2n) is 4.74. The van der Waals surface area contributed by atoms with Gasteiger partial charge in [0.05, 0.1) is 6.61 Å². The molecule has 0 saturated heterocycles. The lowest BCUT2D eigenvalue weighted by Gasteiger charge is -2.14. The highest BCUT2D eigenvalue weighted by molar-refractivity contribution is 5.33. The van der Waals surface area contributed by atoms with Crippen LogP contribution in [0.5, 0.6) is 5.75 Å². The van der Waals surface area contributed by atoms with E-state index in [1.165, 1.54) is 17.5 Å². The van der Waals surface area contributed by atoms with Gasteiger partial charge in [0.1, 0.15) is 5.75 Å². The summed E-state index contributed by atoms with van der Waals surface area (Å²) in [5, 5.41) is 3.46. The summed E-state index contributed by atoms with van der Waals surface area (Å²) in [6.07, 6.45) is 2.23. The van der Waals surface area contributed by atoms with Crippen molar-refractivity contribution in [2.45, 2.75) is 46.6 Å². The van der Waals surface area contributed by atoms with Crippen LogP contribution >= 0.6 is 0 Å². The van der Waals surface area contributed by atoms with Gasteiger partial charge in [-0.05, 0) is 63.4 Å². The molecular formula is C15H25NO. The molecule has 0 radical (unpaired) electrons. The molecule has 1 unspecified atom stereocenters. The fourth-order valence-electron chi connectivity index (χ4n) is 1.65. The van der Waals surface area contributed by atoms with E-state index in [2.05, 4.69) is 45.1 Å². The molecule has 0 saturated carbocycles. The van der Waals surface area contributed by atoms with E-state index in [9.17, 15) is 0 Å². The summed E-state index contributed by atoms with van der Waals surface area (Å²) in [4.78, 5) is 0. The molecule has 2 nitrogen and oxygen atoms in total. The van der Waals surface area contributed by atoms with E-state index in [-0.39, 0.29) is 0 Å². The molecule has 2 heteroatoms. The molecule has 17 heavy (non-hydrogen) atoms. The molecule has 1 atom stereocenters. The number of nitrogens with one attached hydrogen (secondary N) is 1. The third-order valence-electron chi connectivity index (χ3n) is 3.04. The van der Waals surface area contributed by atoms with Crippen molar-refractivity contribution in [2.24, 2.45) is 0 Å². The second kappa shape index (κ2) is 7.33. The zero-order valence-corrected chi connectivity index (χ0v) is 11.5. The van der Waals surface area contributed by atoms with Gasteiger partial charge in [0.25, 0.3) is 0 Å². The van der Waals surface area contributed by atoms with Gasteiger partial charge < -0.3 is 10.1 Å². The van der Waals surface area contributed by atoms with E-state index < -0.39 is 0 Å². The average Bonchev–Trinajstić information content (AvgIpc) is 2.31. The predicted molar refractivity (Wildman–Crippen MR) is 73.8 cm³/mol. The Balaban J connectivity index is 2.28. The van der Waals surface area contributed by atoms with E-state index in [1.54, 1.807) is 0 Å². The number of hydrogen-bond acceptors (Lipinski definition) is 2. The number of rotatable bonds is 7. The number of ether oxygens (including phenoxy) is 1. The minimum absolute atomic E-state index is 0.529. The Morgan fingerprint density at radius 1 is 1.24 bits per heavy atom. The first-order valence-electron chi connectivity index (χ1n) is 6.57. The van der Waals surface area contributed by atoms with E-state index in [0.717, 1.165) is 25.3 Å². The summed E-state index contributed by atoms with van der Waals surface area (Å²) in [5.74, 6) is 0.982. The number of aryl methyl sites for hydroxylation is 2.